The van der Waals surface area contributed by atoms with Gasteiger partial charge in [0.25, 0.3) is 0 Å². The second-order valence-corrected chi connectivity index (χ2v) is 4.65. The highest BCUT2D eigenvalue weighted by atomic mass is 16.5. The third-order valence-corrected chi connectivity index (χ3v) is 3.09. The summed E-state index contributed by atoms with van der Waals surface area (Å²) in [4.78, 5) is 8.67. The van der Waals surface area contributed by atoms with Crippen LogP contribution in [0.1, 0.15) is 37.6 Å². The Kier molecular flexibility index (Phi) is 4.36. The SMILES string of the molecule is CCCc1nc(N)c(C)c(OCC2CCCO2)n1. The Balaban J connectivity index is 2.05. The Bertz CT molecular complexity index is 403. The summed E-state index contributed by atoms with van der Waals surface area (Å²) in [6.45, 7) is 5.35. The molecule has 1 aliphatic heterocycles. The zero-order valence-electron chi connectivity index (χ0n) is 11.1. The van der Waals surface area contributed by atoms with Crippen molar-refractivity contribution in [2.24, 2.45) is 0 Å². The van der Waals surface area contributed by atoms with Gasteiger partial charge in [0.15, 0.2) is 0 Å². The van der Waals surface area contributed by atoms with Crippen molar-refractivity contribution in [3.8, 4) is 5.88 Å². The molecule has 1 fully saturated rings. The van der Waals surface area contributed by atoms with E-state index in [-0.39, 0.29) is 6.10 Å². The molecule has 2 rings (SSSR count). The lowest BCUT2D eigenvalue weighted by Crippen LogP contribution is -2.18. The molecule has 1 saturated heterocycles. The van der Waals surface area contributed by atoms with Crippen LogP contribution < -0.4 is 10.5 Å². The number of nitrogens with two attached hydrogens (primary N) is 1. The quantitative estimate of drug-likeness (QED) is 0.865. The third kappa shape index (κ3) is 3.10. The van der Waals surface area contributed by atoms with Gasteiger partial charge >= 0.3 is 0 Å². The van der Waals surface area contributed by atoms with E-state index in [1.165, 1.54) is 0 Å². The molecular formula is C13H21N3O2. The topological polar surface area (TPSA) is 70.3 Å². The van der Waals surface area contributed by atoms with Crippen molar-refractivity contribution in [2.45, 2.75) is 45.6 Å². The lowest BCUT2D eigenvalue weighted by atomic mass is 10.2. The summed E-state index contributed by atoms with van der Waals surface area (Å²) in [5.74, 6) is 1.86. The van der Waals surface area contributed by atoms with Crippen LogP contribution in [-0.4, -0.2) is 29.3 Å². The number of hydrogen-bond acceptors (Lipinski definition) is 5. The number of ether oxygens (including phenoxy) is 2. The Morgan fingerprint density at radius 1 is 1.44 bits per heavy atom. The van der Waals surface area contributed by atoms with E-state index in [1.807, 2.05) is 6.92 Å². The minimum Gasteiger partial charge on any atom is -0.475 e. The highest BCUT2D eigenvalue weighted by Crippen LogP contribution is 2.21. The van der Waals surface area contributed by atoms with Gasteiger partial charge in [-0.25, -0.2) is 4.98 Å². The van der Waals surface area contributed by atoms with Crippen molar-refractivity contribution < 1.29 is 9.47 Å². The summed E-state index contributed by atoms with van der Waals surface area (Å²) in [7, 11) is 0. The normalized spacial score (nSPS) is 19.1. The maximum absolute atomic E-state index is 5.87. The van der Waals surface area contributed by atoms with Crippen molar-refractivity contribution in [1.82, 2.24) is 9.97 Å². The maximum Gasteiger partial charge on any atom is 0.221 e. The molecule has 1 unspecified atom stereocenters. The lowest BCUT2D eigenvalue weighted by molar-refractivity contribution is 0.0659. The third-order valence-electron chi connectivity index (χ3n) is 3.09. The fourth-order valence-corrected chi connectivity index (χ4v) is 1.98. The average molecular weight is 251 g/mol. The Hall–Kier alpha value is -1.36. The zero-order chi connectivity index (χ0) is 13.0. The highest BCUT2D eigenvalue weighted by Gasteiger charge is 2.17. The van der Waals surface area contributed by atoms with Crippen LogP contribution in [0.3, 0.4) is 0 Å². The molecule has 2 heterocycles. The molecule has 0 aromatic carbocycles. The first-order valence-corrected chi connectivity index (χ1v) is 6.58. The second kappa shape index (κ2) is 6.00. The molecule has 2 N–H and O–H groups in total. The Morgan fingerprint density at radius 2 is 2.28 bits per heavy atom. The Morgan fingerprint density at radius 3 is 2.94 bits per heavy atom. The predicted octanol–water partition coefficient (Wildman–Crippen LogP) is 1.88. The standard InChI is InChI=1S/C13H21N3O2/c1-3-5-11-15-12(14)9(2)13(16-11)18-8-10-6-4-7-17-10/h10H,3-8H2,1-2H3,(H2,14,15,16). The zero-order valence-corrected chi connectivity index (χ0v) is 11.1. The molecule has 5 heteroatoms. The predicted molar refractivity (Wildman–Crippen MR) is 69.6 cm³/mol. The van der Waals surface area contributed by atoms with Gasteiger partial charge in [-0.05, 0) is 26.2 Å². The number of rotatable bonds is 5. The van der Waals surface area contributed by atoms with Gasteiger partial charge < -0.3 is 15.2 Å². The van der Waals surface area contributed by atoms with E-state index in [2.05, 4.69) is 16.9 Å². The average Bonchev–Trinajstić information content (AvgIpc) is 2.85. The van der Waals surface area contributed by atoms with Crippen LogP contribution in [0.2, 0.25) is 0 Å². The molecule has 18 heavy (non-hydrogen) atoms. The first-order valence-electron chi connectivity index (χ1n) is 6.58. The van der Waals surface area contributed by atoms with Crippen LogP contribution in [-0.2, 0) is 11.2 Å². The largest absolute Gasteiger partial charge is 0.475 e. The van der Waals surface area contributed by atoms with Crippen molar-refractivity contribution >= 4 is 5.82 Å². The first kappa shape index (κ1) is 13.1. The fourth-order valence-electron chi connectivity index (χ4n) is 1.98. The van der Waals surface area contributed by atoms with E-state index in [0.29, 0.717) is 18.3 Å². The molecule has 0 saturated carbocycles. The molecule has 5 nitrogen and oxygen atoms in total. The van der Waals surface area contributed by atoms with Gasteiger partial charge in [0, 0.05) is 13.0 Å². The minimum absolute atomic E-state index is 0.190. The molecular weight excluding hydrogens is 230 g/mol. The molecule has 1 aliphatic rings. The van der Waals surface area contributed by atoms with Crippen molar-refractivity contribution in [3.63, 3.8) is 0 Å². The van der Waals surface area contributed by atoms with Gasteiger partial charge in [-0.3, -0.25) is 0 Å². The van der Waals surface area contributed by atoms with Crippen LogP contribution >= 0.6 is 0 Å². The summed E-state index contributed by atoms with van der Waals surface area (Å²) in [6, 6.07) is 0. The molecule has 1 atom stereocenters. The molecule has 0 radical (unpaired) electrons. The van der Waals surface area contributed by atoms with E-state index in [0.717, 1.165) is 43.7 Å². The van der Waals surface area contributed by atoms with E-state index in [1.54, 1.807) is 0 Å². The van der Waals surface area contributed by atoms with Crippen LogP contribution in [0.25, 0.3) is 0 Å². The second-order valence-electron chi connectivity index (χ2n) is 4.65. The summed E-state index contributed by atoms with van der Waals surface area (Å²) in [5, 5.41) is 0. The molecule has 0 aliphatic carbocycles. The fraction of sp³-hybridized carbons (Fsp3) is 0.692. The highest BCUT2D eigenvalue weighted by molar-refractivity contribution is 5.44. The van der Waals surface area contributed by atoms with E-state index in [9.17, 15) is 0 Å². The number of aromatic nitrogens is 2. The van der Waals surface area contributed by atoms with Crippen LogP contribution in [0.15, 0.2) is 0 Å². The summed E-state index contributed by atoms with van der Waals surface area (Å²) >= 11 is 0. The monoisotopic (exact) mass is 251 g/mol. The summed E-state index contributed by atoms with van der Waals surface area (Å²) in [5.41, 5.74) is 6.69. The van der Waals surface area contributed by atoms with Gasteiger partial charge in [-0.15, -0.1) is 0 Å². The molecule has 0 amide bonds. The first-order chi connectivity index (χ1) is 8.70. The molecule has 1 aromatic rings. The van der Waals surface area contributed by atoms with Crippen molar-refractivity contribution in [2.75, 3.05) is 18.9 Å². The molecule has 100 valence electrons. The maximum atomic E-state index is 5.87. The van der Waals surface area contributed by atoms with Crippen molar-refractivity contribution in [1.29, 1.82) is 0 Å². The molecule has 0 spiro atoms. The minimum atomic E-state index is 0.190. The van der Waals surface area contributed by atoms with Crippen LogP contribution in [0.4, 0.5) is 5.82 Å². The lowest BCUT2D eigenvalue weighted by Gasteiger charge is -2.14. The van der Waals surface area contributed by atoms with Gasteiger partial charge in [0.1, 0.15) is 18.2 Å². The Labute approximate surface area is 108 Å². The summed E-state index contributed by atoms with van der Waals surface area (Å²) < 4.78 is 11.3. The van der Waals surface area contributed by atoms with Gasteiger partial charge in [0.05, 0.1) is 11.7 Å². The molecule has 0 bridgehead atoms. The number of anilines is 1. The number of hydrogen-bond donors (Lipinski definition) is 1. The molecule has 1 aromatic heterocycles. The summed E-state index contributed by atoms with van der Waals surface area (Å²) in [6.07, 6.45) is 4.17. The van der Waals surface area contributed by atoms with E-state index < -0.39 is 0 Å². The number of nitrogens with zero attached hydrogens (tertiary/aromatic N) is 2. The van der Waals surface area contributed by atoms with E-state index in [4.69, 9.17) is 15.2 Å². The van der Waals surface area contributed by atoms with Gasteiger partial charge in [0.2, 0.25) is 5.88 Å². The smallest absolute Gasteiger partial charge is 0.221 e. The number of nitrogen functional groups attached to an aromatic ring is 1. The van der Waals surface area contributed by atoms with Crippen LogP contribution in [0.5, 0.6) is 5.88 Å². The van der Waals surface area contributed by atoms with Crippen LogP contribution in [0, 0.1) is 6.92 Å². The van der Waals surface area contributed by atoms with Crippen molar-refractivity contribution in [3.05, 3.63) is 11.4 Å². The van der Waals surface area contributed by atoms with E-state index >= 15 is 0 Å². The number of aryl methyl sites for hydroxylation is 1. The van der Waals surface area contributed by atoms with Gasteiger partial charge in [-0.2, -0.15) is 4.98 Å². The van der Waals surface area contributed by atoms with Gasteiger partial charge in [-0.1, -0.05) is 6.92 Å².